The molecule has 1 heterocycles. The molecule has 3 heteroatoms. The normalized spacial score (nSPS) is 18.6. The summed E-state index contributed by atoms with van der Waals surface area (Å²) in [6.07, 6.45) is 5.13. The van der Waals surface area contributed by atoms with E-state index in [1.54, 1.807) is 6.20 Å². The Bertz CT molecular complexity index is 279. The Kier molecular flexibility index (Phi) is 2.51. The summed E-state index contributed by atoms with van der Waals surface area (Å²) in [5.74, 6) is 0.734. The van der Waals surface area contributed by atoms with Gasteiger partial charge in [0, 0.05) is 24.4 Å². The number of aromatic nitrogens is 1. The molecule has 0 amide bonds. The third-order valence-corrected chi connectivity index (χ3v) is 2.68. The van der Waals surface area contributed by atoms with Crippen LogP contribution >= 0.6 is 11.6 Å². The molecule has 1 aromatic rings. The average Bonchev–Trinajstić information content (AvgIpc) is 2.91. The van der Waals surface area contributed by atoms with Crippen LogP contribution in [0.5, 0.6) is 0 Å². The van der Waals surface area contributed by atoms with E-state index < -0.39 is 0 Å². The molecule has 70 valence electrons. The van der Waals surface area contributed by atoms with Crippen LogP contribution in [0.2, 0.25) is 5.02 Å². The fourth-order valence-electron chi connectivity index (χ4n) is 1.46. The highest BCUT2D eigenvalue weighted by atomic mass is 35.5. The van der Waals surface area contributed by atoms with E-state index >= 15 is 0 Å². The van der Waals surface area contributed by atoms with Crippen LogP contribution in [-0.4, -0.2) is 11.0 Å². The van der Waals surface area contributed by atoms with Crippen molar-refractivity contribution in [2.75, 3.05) is 0 Å². The molecule has 0 radical (unpaired) electrons. The Morgan fingerprint density at radius 2 is 2.31 bits per heavy atom. The Morgan fingerprint density at radius 1 is 1.54 bits per heavy atom. The standard InChI is InChI=1S/C10H13ClN2/c11-8-3-4-9(13-6-8)5-10(12)7-1-2-7/h3-4,6-7,10H,1-2,5,12H2. The number of rotatable bonds is 3. The molecule has 0 aliphatic heterocycles. The highest BCUT2D eigenvalue weighted by molar-refractivity contribution is 6.30. The van der Waals surface area contributed by atoms with E-state index in [0.717, 1.165) is 18.0 Å². The zero-order valence-corrected chi connectivity index (χ0v) is 8.17. The third kappa shape index (κ3) is 2.42. The largest absolute Gasteiger partial charge is 0.327 e. The summed E-state index contributed by atoms with van der Waals surface area (Å²) in [4.78, 5) is 4.22. The highest BCUT2D eigenvalue weighted by Gasteiger charge is 2.28. The van der Waals surface area contributed by atoms with Crippen molar-refractivity contribution in [3.05, 3.63) is 29.0 Å². The minimum Gasteiger partial charge on any atom is -0.327 e. The lowest BCUT2D eigenvalue weighted by molar-refractivity contribution is 0.584. The van der Waals surface area contributed by atoms with Gasteiger partial charge in [-0.1, -0.05) is 11.6 Å². The van der Waals surface area contributed by atoms with Crippen LogP contribution in [0.4, 0.5) is 0 Å². The zero-order valence-electron chi connectivity index (χ0n) is 7.41. The van der Waals surface area contributed by atoms with Crippen molar-refractivity contribution in [3.63, 3.8) is 0 Å². The van der Waals surface area contributed by atoms with E-state index in [9.17, 15) is 0 Å². The van der Waals surface area contributed by atoms with Crippen LogP contribution in [0.1, 0.15) is 18.5 Å². The van der Waals surface area contributed by atoms with E-state index in [4.69, 9.17) is 17.3 Å². The third-order valence-electron chi connectivity index (χ3n) is 2.46. The molecule has 1 aliphatic rings. The lowest BCUT2D eigenvalue weighted by Gasteiger charge is -2.08. The maximum Gasteiger partial charge on any atom is 0.0589 e. The predicted octanol–water partition coefficient (Wildman–Crippen LogP) is 2.01. The quantitative estimate of drug-likeness (QED) is 0.804. The lowest BCUT2D eigenvalue weighted by Crippen LogP contribution is -2.25. The predicted molar refractivity (Wildman–Crippen MR) is 53.7 cm³/mol. The van der Waals surface area contributed by atoms with Crippen molar-refractivity contribution in [2.45, 2.75) is 25.3 Å². The van der Waals surface area contributed by atoms with E-state index in [2.05, 4.69) is 4.98 Å². The fraction of sp³-hybridized carbons (Fsp3) is 0.500. The van der Waals surface area contributed by atoms with Crippen molar-refractivity contribution in [3.8, 4) is 0 Å². The van der Waals surface area contributed by atoms with Crippen molar-refractivity contribution in [1.82, 2.24) is 4.98 Å². The summed E-state index contributed by atoms with van der Waals surface area (Å²) < 4.78 is 0. The first kappa shape index (κ1) is 8.97. The van der Waals surface area contributed by atoms with Gasteiger partial charge >= 0.3 is 0 Å². The average molecular weight is 197 g/mol. The minimum absolute atomic E-state index is 0.286. The highest BCUT2D eigenvalue weighted by Crippen LogP contribution is 2.32. The van der Waals surface area contributed by atoms with E-state index in [1.165, 1.54) is 12.8 Å². The molecular formula is C10H13ClN2. The van der Waals surface area contributed by atoms with Crippen LogP contribution in [0, 0.1) is 5.92 Å². The van der Waals surface area contributed by atoms with Gasteiger partial charge in [-0.25, -0.2) is 0 Å². The maximum atomic E-state index is 5.98. The zero-order chi connectivity index (χ0) is 9.26. The van der Waals surface area contributed by atoms with Crippen LogP contribution in [0.15, 0.2) is 18.3 Å². The lowest BCUT2D eigenvalue weighted by atomic mass is 10.1. The summed E-state index contributed by atoms with van der Waals surface area (Å²) in [5.41, 5.74) is 7.02. The van der Waals surface area contributed by atoms with Crippen molar-refractivity contribution in [1.29, 1.82) is 0 Å². The van der Waals surface area contributed by atoms with Gasteiger partial charge in [-0.3, -0.25) is 4.98 Å². The second kappa shape index (κ2) is 3.64. The number of nitrogens with two attached hydrogens (primary N) is 1. The number of hydrogen-bond acceptors (Lipinski definition) is 2. The molecule has 0 aromatic carbocycles. The second-order valence-corrected chi connectivity index (χ2v) is 4.11. The summed E-state index contributed by atoms with van der Waals surface area (Å²) in [6.45, 7) is 0. The van der Waals surface area contributed by atoms with Crippen molar-refractivity contribution >= 4 is 11.6 Å². The molecule has 2 N–H and O–H groups in total. The van der Waals surface area contributed by atoms with Crippen molar-refractivity contribution < 1.29 is 0 Å². The Hall–Kier alpha value is -0.600. The number of halogens is 1. The molecule has 2 nitrogen and oxygen atoms in total. The molecular weight excluding hydrogens is 184 g/mol. The molecule has 0 bridgehead atoms. The van der Waals surface area contributed by atoms with Gasteiger partial charge in [0.15, 0.2) is 0 Å². The SMILES string of the molecule is NC(Cc1ccc(Cl)cn1)C1CC1. The monoisotopic (exact) mass is 196 g/mol. The van der Waals surface area contributed by atoms with Gasteiger partial charge in [0.2, 0.25) is 0 Å². The van der Waals surface area contributed by atoms with Crippen LogP contribution < -0.4 is 5.73 Å². The summed E-state index contributed by atoms with van der Waals surface area (Å²) in [7, 11) is 0. The Morgan fingerprint density at radius 3 is 2.85 bits per heavy atom. The van der Waals surface area contributed by atoms with Gasteiger partial charge in [-0.05, 0) is 30.9 Å². The number of pyridine rings is 1. The van der Waals surface area contributed by atoms with Gasteiger partial charge in [-0.2, -0.15) is 0 Å². The molecule has 1 aromatic heterocycles. The van der Waals surface area contributed by atoms with Gasteiger partial charge in [0.1, 0.15) is 0 Å². The minimum atomic E-state index is 0.286. The van der Waals surface area contributed by atoms with Gasteiger partial charge in [0.25, 0.3) is 0 Å². The fourth-order valence-corrected chi connectivity index (χ4v) is 1.57. The van der Waals surface area contributed by atoms with Crippen LogP contribution in [0.25, 0.3) is 0 Å². The molecule has 2 rings (SSSR count). The summed E-state index contributed by atoms with van der Waals surface area (Å²) in [6, 6.07) is 4.10. The van der Waals surface area contributed by atoms with Crippen LogP contribution in [0.3, 0.4) is 0 Å². The molecule has 1 atom stereocenters. The Labute approximate surface area is 83.1 Å². The van der Waals surface area contributed by atoms with Crippen molar-refractivity contribution in [2.24, 2.45) is 11.7 Å². The topological polar surface area (TPSA) is 38.9 Å². The summed E-state index contributed by atoms with van der Waals surface area (Å²) >= 11 is 5.73. The smallest absolute Gasteiger partial charge is 0.0589 e. The first-order valence-corrected chi connectivity index (χ1v) is 4.99. The molecule has 0 spiro atoms. The molecule has 13 heavy (non-hydrogen) atoms. The second-order valence-electron chi connectivity index (χ2n) is 3.67. The van der Waals surface area contributed by atoms with E-state index in [1.807, 2.05) is 12.1 Å². The van der Waals surface area contributed by atoms with Gasteiger partial charge in [-0.15, -0.1) is 0 Å². The molecule has 1 saturated carbocycles. The summed E-state index contributed by atoms with van der Waals surface area (Å²) in [5, 5.41) is 0.684. The maximum absolute atomic E-state index is 5.98. The number of hydrogen-bond donors (Lipinski definition) is 1. The first-order chi connectivity index (χ1) is 6.25. The molecule has 1 fully saturated rings. The van der Waals surface area contributed by atoms with Gasteiger partial charge < -0.3 is 5.73 Å². The van der Waals surface area contributed by atoms with E-state index in [0.29, 0.717) is 5.02 Å². The first-order valence-electron chi connectivity index (χ1n) is 4.62. The molecule has 0 saturated heterocycles. The van der Waals surface area contributed by atoms with Gasteiger partial charge in [0.05, 0.1) is 5.02 Å². The number of nitrogens with zero attached hydrogens (tertiary/aromatic N) is 1. The molecule has 1 unspecified atom stereocenters. The van der Waals surface area contributed by atoms with E-state index in [-0.39, 0.29) is 6.04 Å². The molecule has 1 aliphatic carbocycles. The Balaban J connectivity index is 1.96. The van der Waals surface area contributed by atoms with Crippen LogP contribution in [-0.2, 0) is 6.42 Å².